The summed E-state index contributed by atoms with van der Waals surface area (Å²) in [6, 6.07) is 10.1. The molecule has 1 heterocycles. The number of benzene rings is 2. The number of anilines is 1. The number of sulfonamides is 1. The van der Waals surface area contributed by atoms with Crippen molar-refractivity contribution in [2.45, 2.75) is 18.9 Å². The molecule has 0 spiro atoms. The lowest BCUT2D eigenvalue weighted by Crippen LogP contribution is -2.48. The van der Waals surface area contributed by atoms with Crippen molar-refractivity contribution >= 4 is 21.7 Å². The molecule has 0 atom stereocenters. The Morgan fingerprint density at radius 3 is 2.31 bits per heavy atom. The van der Waals surface area contributed by atoms with E-state index in [-0.39, 0.29) is 17.6 Å². The van der Waals surface area contributed by atoms with Crippen LogP contribution in [0, 0.1) is 11.6 Å². The molecular formula is C20H23F2N3O3S. The molecule has 9 heteroatoms. The van der Waals surface area contributed by atoms with E-state index in [1.807, 2.05) is 0 Å². The number of carbonyl (C=O) groups excluding carboxylic acids is 1. The molecule has 1 aliphatic heterocycles. The van der Waals surface area contributed by atoms with Gasteiger partial charge in [-0.2, -0.15) is 0 Å². The molecule has 0 saturated carbocycles. The van der Waals surface area contributed by atoms with Crippen LogP contribution in [0.5, 0.6) is 0 Å². The Balaban J connectivity index is 1.61. The summed E-state index contributed by atoms with van der Waals surface area (Å²) in [5.41, 5.74) is 1.18. The first-order valence-corrected chi connectivity index (χ1v) is 11.0. The third-order valence-corrected chi connectivity index (χ3v) is 6.46. The molecule has 3 rings (SSSR count). The van der Waals surface area contributed by atoms with Gasteiger partial charge in [0.2, 0.25) is 10.0 Å². The van der Waals surface area contributed by atoms with Gasteiger partial charge >= 0.3 is 6.03 Å². The molecule has 0 aliphatic carbocycles. The number of nitrogens with one attached hydrogen (secondary N) is 1. The molecular weight excluding hydrogens is 400 g/mol. The molecule has 0 unspecified atom stereocenters. The zero-order valence-electron chi connectivity index (χ0n) is 16.2. The zero-order valence-corrected chi connectivity index (χ0v) is 17.0. The van der Waals surface area contributed by atoms with E-state index in [0.29, 0.717) is 37.2 Å². The minimum absolute atomic E-state index is 0.0614. The predicted molar refractivity (Wildman–Crippen MR) is 108 cm³/mol. The second-order valence-corrected chi connectivity index (χ2v) is 9.10. The standard InChI is InChI=1S/C20H23F2N3O3S/c1-24(16-10-12-25(13-11-16)29(2,27)28)20(26)23-15-8-6-14(7-9-15)17-4-3-5-18(21)19(17)22/h3-9,16H,10-13H2,1-2H3,(H,23,26). The van der Waals surface area contributed by atoms with Gasteiger partial charge in [-0.25, -0.2) is 26.3 Å². The molecule has 1 N–H and O–H groups in total. The Hall–Kier alpha value is -2.52. The number of halogens is 2. The molecule has 1 aliphatic rings. The summed E-state index contributed by atoms with van der Waals surface area (Å²) in [5, 5.41) is 2.77. The maximum Gasteiger partial charge on any atom is 0.321 e. The lowest BCUT2D eigenvalue weighted by Gasteiger charge is -2.35. The Morgan fingerprint density at radius 2 is 1.72 bits per heavy atom. The van der Waals surface area contributed by atoms with E-state index in [2.05, 4.69) is 5.32 Å². The van der Waals surface area contributed by atoms with Crippen molar-refractivity contribution in [3.8, 4) is 11.1 Å². The van der Waals surface area contributed by atoms with Gasteiger partial charge in [0.1, 0.15) is 0 Å². The Morgan fingerprint density at radius 1 is 1.10 bits per heavy atom. The summed E-state index contributed by atoms with van der Waals surface area (Å²) in [6.45, 7) is 0.768. The van der Waals surface area contributed by atoms with Crippen LogP contribution in [-0.4, -0.2) is 56.1 Å². The smallest absolute Gasteiger partial charge is 0.321 e. The van der Waals surface area contributed by atoms with Crippen molar-refractivity contribution in [3.63, 3.8) is 0 Å². The second kappa shape index (κ2) is 8.46. The van der Waals surface area contributed by atoms with E-state index >= 15 is 0 Å². The fraction of sp³-hybridized carbons (Fsp3) is 0.350. The number of rotatable bonds is 4. The Kier molecular flexibility index (Phi) is 6.18. The molecule has 1 fully saturated rings. The van der Waals surface area contributed by atoms with Gasteiger partial charge in [0.15, 0.2) is 11.6 Å². The molecule has 2 aromatic carbocycles. The summed E-state index contributed by atoms with van der Waals surface area (Å²) >= 11 is 0. The summed E-state index contributed by atoms with van der Waals surface area (Å²) in [7, 11) is -1.54. The van der Waals surface area contributed by atoms with Crippen molar-refractivity contribution < 1.29 is 22.0 Å². The minimum atomic E-state index is -3.21. The molecule has 1 saturated heterocycles. The van der Waals surface area contributed by atoms with Crippen LogP contribution < -0.4 is 5.32 Å². The van der Waals surface area contributed by atoms with Crippen molar-refractivity contribution in [3.05, 3.63) is 54.1 Å². The highest BCUT2D eigenvalue weighted by Crippen LogP contribution is 2.26. The van der Waals surface area contributed by atoms with Gasteiger partial charge in [-0.15, -0.1) is 0 Å². The number of hydrogen-bond donors (Lipinski definition) is 1. The molecule has 2 aromatic rings. The van der Waals surface area contributed by atoms with Crippen LogP contribution in [0.3, 0.4) is 0 Å². The zero-order chi connectivity index (χ0) is 21.2. The van der Waals surface area contributed by atoms with Gasteiger partial charge in [0.05, 0.1) is 6.26 Å². The normalized spacial score (nSPS) is 15.9. The second-order valence-electron chi connectivity index (χ2n) is 7.11. The van der Waals surface area contributed by atoms with Crippen LogP contribution >= 0.6 is 0 Å². The van der Waals surface area contributed by atoms with E-state index in [1.165, 1.54) is 22.7 Å². The van der Waals surface area contributed by atoms with E-state index in [1.54, 1.807) is 36.2 Å². The summed E-state index contributed by atoms with van der Waals surface area (Å²) in [6.07, 6.45) is 2.31. The third kappa shape index (κ3) is 4.91. The van der Waals surface area contributed by atoms with Gasteiger partial charge in [-0.05, 0) is 36.6 Å². The highest BCUT2D eigenvalue weighted by atomic mass is 32.2. The van der Waals surface area contributed by atoms with Gasteiger partial charge in [0, 0.05) is 37.4 Å². The lowest BCUT2D eigenvalue weighted by atomic mass is 10.0. The average molecular weight is 423 g/mol. The van der Waals surface area contributed by atoms with Crippen LogP contribution in [-0.2, 0) is 10.0 Å². The van der Waals surface area contributed by atoms with Crippen LogP contribution in [0.4, 0.5) is 19.3 Å². The minimum Gasteiger partial charge on any atom is -0.325 e. The SMILES string of the molecule is CN(C(=O)Nc1ccc(-c2cccc(F)c2F)cc1)C1CCN(S(C)(=O)=O)CC1. The molecule has 0 bridgehead atoms. The number of hydrogen-bond acceptors (Lipinski definition) is 3. The van der Waals surface area contributed by atoms with Crippen LogP contribution in [0.25, 0.3) is 11.1 Å². The number of urea groups is 1. The molecule has 0 radical (unpaired) electrons. The largest absolute Gasteiger partial charge is 0.325 e. The summed E-state index contributed by atoms with van der Waals surface area (Å²) < 4.78 is 51.9. The number of carbonyl (C=O) groups is 1. The first kappa shape index (κ1) is 21.2. The quantitative estimate of drug-likeness (QED) is 0.818. The number of amides is 2. The topological polar surface area (TPSA) is 69.7 Å². The van der Waals surface area contributed by atoms with Crippen LogP contribution in [0.15, 0.2) is 42.5 Å². The van der Waals surface area contributed by atoms with Crippen molar-refractivity contribution in [2.75, 3.05) is 31.7 Å². The first-order valence-electron chi connectivity index (χ1n) is 9.20. The molecule has 29 heavy (non-hydrogen) atoms. The fourth-order valence-electron chi connectivity index (χ4n) is 3.40. The Labute approximate surface area is 169 Å². The predicted octanol–water partition coefficient (Wildman–Crippen LogP) is 3.52. The van der Waals surface area contributed by atoms with Crippen LogP contribution in [0.2, 0.25) is 0 Å². The number of piperidine rings is 1. The van der Waals surface area contributed by atoms with Crippen LogP contribution in [0.1, 0.15) is 12.8 Å². The van der Waals surface area contributed by atoms with E-state index in [0.717, 1.165) is 6.07 Å². The van der Waals surface area contributed by atoms with Gasteiger partial charge in [-0.1, -0.05) is 24.3 Å². The van der Waals surface area contributed by atoms with Gasteiger partial charge < -0.3 is 10.2 Å². The third-order valence-electron chi connectivity index (χ3n) is 5.16. The van der Waals surface area contributed by atoms with Crippen molar-refractivity contribution in [2.24, 2.45) is 0 Å². The molecule has 6 nitrogen and oxygen atoms in total. The van der Waals surface area contributed by atoms with Gasteiger partial charge in [-0.3, -0.25) is 0 Å². The van der Waals surface area contributed by atoms with E-state index < -0.39 is 21.7 Å². The molecule has 0 aromatic heterocycles. The summed E-state index contributed by atoms with van der Waals surface area (Å²) in [5.74, 6) is -1.83. The molecule has 2 amide bonds. The van der Waals surface area contributed by atoms with E-state index in [9.17, 15) is 22.0 Å². The average Bonchev–Trinajstić information content (AvgIpc) is 2.69. The molecule has 156 valence electrons. The maximum absolute atomic E-state index is 13.9. The van der Waals surface area contributed by atoms with Gasteiger partial charge in [0.25, 0.3) is 0 Å². The van der Waals surface area contributed by atoms with Crippen molar-refractivity contribution in [1.82, 2.24) is 9.21 Å². The fourth-order valence-corrected chi connectivity index (χ4v) is 4.27. The lowest BCUT2D eigenvalue weighted by molar-refractivity contribution is 0.174. The number of nitrogens with zero attached hydrogens (tertiary/aromatic N) is 2. The highest BCUT2D eigenvalue weighted by molar-refractivity contribution is 7.88. The first-order chi connectivity index (χ1) is 13.7. The Bertz CT molecular complexity index is 989. The maximum atomic E-state index is 13.9. The summed E-state index contributed by atoms with van der Waals surface area (Å²) in [4.78, 5) is 14.1. The van der Waals surface area contributed by atoms with E-state index in [4.69, 9.17) is 0 Å². The highest BCUT2D eigenvalue weighted by Gasteiger charge is 2.29. The monoisotopic (exact) mass is 423 g/mol. The van der Waals surface area contributed by atoms with Crippen molar-refractivity contribution in [1.29, 1.82) is 0 Å².